The van der Waals surface area contributed by atoms with Crippen LogP contribution in [0.1, 0.15) is 66.7 Å². The molecule has 1 N–H and O–H groups in total. The van der Waals surface area contributed by atoms with Crippen LogP contribution in [0.3, 0.4) is 0 Å². The fourth-order valence-electron chi connectivity index (χ4n) is 3.25. The molecule has 1 aliphatic rings. The minimum Gasteiger partial charge on any atom is -0.313 e. The lowest BCUT2D eigenvalue weighted by atomic mass is 9.77. The molecule has 0 aliphatic carbocycles. The molecule has 1 saturated heterocycles. The highest BCUT2D eigenvalue weighted by Gasteiger charge is 2.26. The molecule has 2 unspecified atom stereocenters. The second-order valence-electron chi connectivity index (χ2n) is 7.48. The van der Waals surface area contributed by atoms with E-state index in [1.165, 1.54) is 51.7 Å². The molecule has 2 nitrogen and oxygen atoms in total. The molecular weight excluding hydrogens is 232 g/mol. The summed E-state index contributed by atoms with van der Waals surface area (Å²) in [6.07, 6.45) is 6.76. The summed E-state index contributed by atoms with van der Waals surface area (Å²) in [6, 6.07) is 0.680. The Balaban J connectivity index is 2.22. The summed E-state index contributed by atoms with van der Waals surface area (Å²) in [5.74, 6) is 0.907. The van der Waals surface area contributed by atoms with Crippen molar-refractivity contribution in [3.8, 4) is 0 Å². The molecule has 1 fully saturated rings. The van der Waals surface area contributed by atoms with Crippen LogP contribution in [-0.4, -0.2) is 37.1 Å². The van der Waals surface area contributed by atoms with Crippen LogP contribution >= 0.6 is 0 Å². The summed E-state index contributed by atoms with van der Waals surface area (Å²) >= 11 is 0. The summed E-state index contributed by atoms with van der Waals surface area (Å²) in [5.41, 5.74) is 0.490. The van der Waals surface area contributed by atoms with Gasteiger partial charge in [-0.05, 0) is 57.0 Å². The van der Waals surface area contributed by atoms with E-state index in [-0.39, 0.29) is 0 Å². The molecule has 0 aromatic rings. The highest BCUT2D eigenvalue weighted by atomic mass is 15.1. The zero-order valence-electron chi connectivity index (χ0n) is 14.0. The van der Waals surface area contributed by atoms with Gasteiger partial charge >= 0.3 is 0 Å². The first-order chi connectivity index (χ1) is 8.93. The van der Waals surface area contributed by atoms with Gasteiger partial charge in [0.05, 0.1) is 0 Å². The zero-order valence-corrected chi connectivity index (χ0v) is 14.0. The van der Waals surface area contributed by atoms with Gasteiger partial charge in [-0.25, -0.2) is 0 Å². The molecule has 1 aliphatic heterocycles. The maximum Gasteiger partial charge on any atom is 0.0107 e. The molecule has 1 rings (SSSR count). The van der Waals surface area contributed by atoms with Crippen LogP contribution in [0, 0.1) is 11.3 Å². The van der Waals surface area contributed by atoms with Crippen molar-refractivity contribution in [3.05, 3.63) is 0 Å². The van der Waals surface area contributed by atoms with Crippen LogP contribution in [0.2, 0.25) is 0 Å². The van der Waals surface area contributed by atoms with E-state index in [9.17, 15) is 0 Å². The first kappa shape index (κ1) is 17.0. The van der Waals surface area contributed by atoms with Gasteiger partial charge in [-0.3, -0.25) is 0 Å². The fourth-order valence-corrected chi connectivity index (χ4v) is 3.25. The van der Waals surface area contributed by atoms with E-state index in [1.807, 2.05) is 0 Å². The van der Waals surface area contributed by atoms with Crippen molar-refractivity contribution in [1.29, 1.82) is 0 Å². The molecule has 0 aromatic carbocycles. The maximum atomic E-state index is 3.65. The Morgan fingerprint density at radius 1 is 1.21 bits per heavy atom. The van der Waals surface area contributed by atoms with Gasteiger partial charge < -0.3 is 10.2 Å². The molecule has 1 heterocycles. The van der Waals surface area contributed by atoms with E-state index in [1.54, 1.807) is 0 Å². The van der Waals surface area contributed by atoms with E-state index in [0.717, 1.165) is 12.5 Å². The minimum absolute atomic E-state index is 0.490. The molecule has 0 saturated carbocycles. The van der Waals surface area contributed by atoms with Crippen LogP contribution in [0.5, 0.6) is 0 Å². The average Bonchev–Trinajstić information content (AvgIpc) is 2.54. The van der Waals surface area contributed by atoms with Crippen molar-refractivity contribution in [2.45, 2.75) is 72.8 Å². The molecule has 2 heteroatoms. The van der Waals surface area contributed by atoms with Gasteiger partial charge in [-0.2, -0.15) is 0 Å². The molecule has 0 amide bonds. The molecular formula is C17H36N2. The predicted molar refractivity (Wildman–Crippen MR) is 85.6 cm³/mol. The standard InChI is InChI=1S/C17H36N2/c1-6-8-15(2)18-11-14-19-12-7-9-16(10-13-19)17(3,4)5/h15-16,18H,6-14H2,1-5H3. The van der Waals surface area contributed by atoms with Crippen LogP contribution < -0.4 is 5.32 Å². The molecule has 0 bridgehead atoms. The van der Waals surface area contributed by atoms with Crippen LogP contribution in [0.15, 0.2) is 0 Å². The van der Waals surface area contributed by atoms with Gasteiger partial charge in [0.2, 0.25) is 0 Å². The SMILES string of the molecule is CCCC(C)NCCN1CCCC(C(C)(C)C)CC1. The third-order valence-electron chi connectivity index (χ3n) is 4.69. The van der Waals surface area contributed by atoms with Gasteiger partial charge in [-0.1, -0.05) is 34.1 Å². The number of likely N-dealkylation sites (tertiary alicyclic amines) is 1. The normalized spacial score (nSPS) is 24.2. The van der Waals surface area contributed by atoms with Gasteiger partial charge in [-0.15, -0.1) is 0 Å². The lowest BCUT2D eigenvalue weighted by molar-refractivity contribution is 0.208. The first-order valence-electron chi connectivity index (χ1n) is 8.39. The average molecular weight is 268 g/mol. The molecule has 0 radical (unpaired) electrons. The second-order valence-corrected chi connectivity index (χ2v) is 7.48. The van der Waals surface area contributed by atoms with Crippen LogP contribution in [0.4, 0.5) is 0 Å². The Hall–Kier alpha value is -0.0800. The Labute approximate surface area is 121 Å². The summed E-state index contributed by atoms with van der Waals surface area (Å²) in [4.78, 5) is 2.66. The van der Waals surface area contributed by atoms with E-state index < -0.39 is 0 Å². The zero-order chi connectivity index (χ0) is 14.3. The van der Waals surface area contributed by atoms with Crippen molar-refractivity contribution in [1.82, 2.24) is 10.2 Å². The molecule has 114 valence electrons. The highest BCUT2D eigenvalue weighted by molar-refractivity contribution is 4.79. The minimum atomic E-state index is 0.490. The number of hydrogen-bond acceptors (Lipinski definition) is 2. The third-order valence-corrected chi connectivity index (χ3v) is 4.69. The lowest BCUT2D eigenvalue weighted by Gasteiger charge is -2.29. The van der Waals surface area contributed by atoms with Crippen molar-refractivity contribution in [2.75, 3.05) is 26.2 Å². The summed E-state index contributed by atoms with van der Waals surface area (Å²) in [6.45, 7) is 16.8. The first-order valence-corrected chi connectivity index (χ1v) is 8.39. The Morgan fingerprint density at radius 3 is 2.58 bits per heavy atom. The lowest BCUT2D eigenvalue weighted by Crippen LogP contribution is -2.36. The van der Waals surface area contributed by atoms with Gasteiger partial charge in [0, 0.05) is 19.1 Å². The Morgan fingerprint density at radius 2 is 1.95 bits per heavy atom. The maximum absolute atomic E-state index is 3.65. The number of hydrogen-bond donors (Lipinski definition) is 1. The van der Waals surface area contributed by atoms with E-state index in [4.69, 9.17) is 0 Å². The fraction of sp³-hybridized carbons (Fsp3) is 1.00. The van der Waals surface area contributed by atoms with Gasteiger partial charge in [0.1, 0.15) is 0 Å². The monoisotopic (exact) mass is 268 g/mol. The molecule has 0 aromatic heterocycles. The largest absolute Gasteiger partial charge is 0.313 e. The van der Waals surface area contributed by atoms with Crippen molar-refractivity contribution < 1.29 is 0 Å². The summed E-state index contributed by atoms with van der Waals surface area (Å²) in [5, 5.41) is 3.65. The number of nitrogens with one attached hydrogen (secondary N) is 1. The highest BCUT2D eigenvalue weighted by Crippen LogP contribution is 2.34. The van der Waals surface area contributed by atoms with Gasteiger partial charge in [0.25, 0.3) is 0 Å². The Kier molecular flexibility index (Phi) is 7.38. The predicted octanol–water partition coefficient (Wildman–Crippen LogP) is 3.91. The van der Waals surface area contributed by atoms with Crippen LogP contribution in [-0.2, 0) is 0 Å². The topological polar surface area (TPSA) is 15.3 Å². The third kappa shape index (κ3) is 6.76. The Bertz CT molecular complexity index is 232. The molecule has 2 atom stereocenters. The van der Waals surface area contributed by atoms with Gasteiger partial charge in [0.15, 0.2) is 0 Å². The smallest absolute Gasteiger partial charge is 0.0107 e. The van der Waals surface area contributed by atoms with Crippen LogP contribution in [0.25, 0.3) is 0 Å². The quantitative estimate of drug-likeness (QED) is 0.785. The molecule has 19 heavy (non-hydrogen) atoms. The van der Waals surface area contributed by atoms with Crippen molar-refractivity contribution >= 4 is 0 Å². The van der Waals surface area contributed by atoms with Crippen molar-refractivity contribution in [2.24, 2.45) is 11.3 Å². The molecule has 0 spiro atoms. The summed E-state index contributed by atoms with van der Waals surface area (Å²) in [7, 11) is 0. The summed E-state index contributed by atoms with van der Waals surface area (Å²) < 4.78 is 0. The van der Waals surface area contributed by atoms with Crippen molar-refractivity contribution in [3.63, 3.8) is 0 Å². The van der Waals surface area contributed by atoms with E-state index >= 15 is 0 Å². The number of rotatable bonds is 6. The van der Waals surface area contributed by atoms with E-state index in [2.05, 4.69) is 44.8 Å². The van der Waals surface area contributed by atoms with E-state index in [0.29, 0.717) is 11.5 Å². The number of nitrogens with zero attached hydrogens (tertiary/aromatic N) is 1. The second kappa shape index (κ2) is 8.26.